The summed E-state index contributed by atoms with van der Waals surface area (Å²) >= 11 is 5.94. The molecule has 1 atom stereocenters. The Morgan fingerprint density at radius 2 is 1.92 bits per heavy atom. The number of esters is 1. The third-order valence-electron chi connectivity index (χ3n) is 3.55. The zero-order chi connectivity index (χ0) is 19.1. The van der Waals surface area contributed by atoms with Crippen LogP contribution in [0.15, 0.2) is 42.5 Å². The number of methoxy groups -OCH3 is 2. The maximum Gasteiger partial charge on any atom is 0.338 e. The second kappa shape index (κ2) is 9.22. The van der Waals surface area contributed by atoms with Crippen molar-refractivity contribution < 1.29 is 23.8 Å². The monoisotopic (exact) mass is 377 g/mol. The maximum atomic E-state index is 12.3. The van der Waals surface area contributed by atoms with Gasteiger partial charge in [0.1, 0.15) is 5.75 Å². The van der Waals surface area contributed by atoms with Gasteiger partial charge in [0.25, 0.3) is 5.91 Å². The van der Waals surface area contributed by atoms with E-state index in [4.69, 9.17) is 25.8 Å². The van der Waals surface area contributed by atoms with Crippen LogP contribution in [0.1, 0.15) is 22.8 Å². The van der Waals surface area contributed by atoms with Gasteiger partial charge in [-0.1, -0.05) is 23.7 Å². The number of ether oxygens (including phenoxy) is 3. The first-order valence-electron chi connectivity index (χ1n) is 7.88. The van der Waals surface area contributed by atoms with E-state index in [1.165, 1.54) is 14.0 Å². The molecule has 0 heterocycles. The predicted molar refractivity (Wildman–Crippen MR) is 98.7 cm³/mol. The van der Waals surface area contributed by atoms with E-state index in [1.807, 2.05) is 6.07 Å². The van der Waals surface area contributed by atoms with Crippen LogP contribution in [-0.4, -0.2) is 32.2 Å². The van der Waals surface area contributed by atoms with Crippen molar-refractivity contribution in [2.45, 2.75) is 19.6 Å². The smallest absolute Gasteiger partial charge is 0.338 e. The number of carbonyl (C=O) groups excluding carboxylic acids is 2. The quantitative estimate of drug-likeness (QED) is 0.745. The van der Waals surface area contributed by atoms with Crippen LogP contribution < -0.4 is 10.1 Å². The summed E-state index contributed by atoms with van der Waals surface area (Å²) in [5.74, 6) is -0.635. The van der Waals surface area contributed by atoms with Crippen LogP contribution in [0, 0.1) is 0 Å². The molecule has 2 aromatic carbocycles. The van der Waals surface area contributed by atoms with Crippen molar-refractivity contribution in [3.05, 3.63) is 58.6 Å². The number of carbonyl (C=O) groups is 2. The molecular weight excluding hydrogens is 358 g/mol. The second-order valence-electron chi connectivity index (χ2n) is 5.51. The van der Waals surface area contributed by atoms with Crippen LogP contribution in [0.3, 0.4) is 0 Å². The third kappa shape index (κ3) is 5.21. The lowest BCUT2D eigenvalue weighted by atomic mass is 10.1. The fraction of sp³-hybridized carbons (Fsp3) is 0.263. The molecule has 26 heavy (non-hydrogen) atoms. The normalized spacial score (nSPS) is 11.5. The summed E-state index contributed by atoms with van der Waals surface area (Å²) in [6.45, 7) is 1.87. The van der Waals surface area contributed by atoms with E-state index in [0.717, 1.165) is 5.56 Å². The highest BCUT2D eigenvalue weighted by atomic mass is 35.5. The lowest BCUT2D eigenvalue weighted by Crippen LogP contribution is -2.30. The van der Waals surface area contributed by atoms with Crippen LogP contribution in [0.5, 0.6) is 5.75 Å². The zero-order valence-corrected chi connectivity index (χ0v) is 15.5. The number of benzene rings is 2. The van der Waals surface area contributed by atoms with Crippen molar-refractivity contribution in [1.82, 2.24) is 0 Å². The maximum absolute atomic E-state index is 12.3. The number of amides is 1. The highest BCUT2D eigenvalue weighted by Gasteiger charge is 2.20. The van der Waals surface area contributed by atoms with E-state index in [1.54, 1.807) is 43.5 Å². The summed E-state index contributed by atoms with van der Waals surface area (Å²) in [6, 6.07) is 11.7. The van der Waals surface area contributed by atoms with Gasteiger partial charge in [0.2, 0.25) is 0 Å². The topological polar surface area (TPSA) is 73.9 Å². The van der Waals surface area contributed by atoms with Crippen molar-refractivity contribution >= 4 is 29.2 Å². The summed E-state index contributed by atoms with van der Waals surface area (Å²) in [6.07, 6.45) is -1.00. The molecule has 1 unspecified atom stereocenters. The molecule has 1 N–H and O–H groups in total. The number of nitrogens with one attached hydrogen (secondary N) is 1. The largest absolute Gasteiger partial charge is 0.495 e. The number of hydrogen-bond acceptors (Lipinski definition) is 5. The lowest BCUT2D eigenvalue weighted by molar-refractivity contribution is -0.123. The van der Waals surface area contributed by atoms with E-state index in [2.05, 4.69) is 5.32 Å². The number of hydrogen-bond donors (Lipinski definition) is 1. The number of anilines is 1. The SMILES string of the molecule is COCc1cccc(C(=O)OC(C)C(=O)Nc2cc(Cl)ccc2OC)c1. The van der Waals surface area contributed by atoms with Gasteiger partial charge >= 0.3 is 5.97 Å². The molecule has 0 saturated heterocycles. The Balaban J connectivity index is 2.04. The van der Waals surface area contributed by atoms with E-state index >= 15 is 0 Å². The minimum Gasteiger partial charge on any atom is -0.495 e. The first-order valence-corrected chi connectivity index (χ1v) is 8.25. The van der Waals surface area contributed by atoms with Gasteiger partial charge < -0.3 is 19.5 Å². The van der Waals surface area contributed by atoms with Gasteiger partial charge in [-0.05, 0) is 42.8 Å². The Morgan fingerprint density at radius 1 is 1.15 bits per heavy atom. The van der Waals surface area contributed by atoms with Crippen molar-refractivity contribution in [1.29, 1.82) is 0 Å². The minimum atomic E-state index is -1.00. The molecule has 0 saturated carbocycles. The van der Waals surface area contributed by atoms with Gasteiger partial charge in [0, 0.05) is 12.1 Å². The third-order valence-corrected chi connectivity index (χ3v) is 3.78. The molecule has 0 aliphatic carbocycles. The average Bonchev–Trinajstić information content (AvgIpc) is 2.62. The van der Waals surface area contributed by atoms with Gasteiger partial charge in [0.15, 0.2) is 6.10 Å². The van der Waals surface area contributed by atoms with E-state index in [0.29, 0.717) is 28.6 Å². The van der Waals surface area contributed by atoms with Gasteiger partial charge in [-0.25, -0.2) is 4.79 Å². The van der Waals surface area contributed by atoms with E-state index < -0.39 is 18.0 Å². The fourth-order valence-corrected chi connectivity index (χ4v) is 2.42. The molecule has 1 amide bonds. The Labute approximate surface area is 157 Å². The molecule has 0 aliphatic rings. The van der Waals surface area contributed by atoms with Crippen LogP contribution in [0.2, 0.25) is 5.02 Å². The Kier molecular flexibility index (Phi) is 7.00. The van der Waals surface area contributed by atoms with Crippen LogP contribution in [0.4, 0.5) is 5.69 Å². The lowest BCUT2D eigenvalue weighted by Gasteiger charge is -2.15. The molecule has 6 nitrogen and oxygen atoms in total. The van der Waals surface area contributed by atoms with E-state index in [-0.39, 0.29) is 0 Å². The Hall–Kier alpha value is -2.57. The first-order chi connectivity index (χ1) is 12.4. The van der Waals surface area contributed by atoms with Crippen LogP contribution in [-0.2, 0) is 20.9 Å². The highest BCUT2D eigenvalue weighted by Crippen LogP contribution is 2.27. The van der Waals surface area contributed by atoms with Crippen molar-refractivity contribution in [3.63, 3.8) is 0 Å². The summed E-state index contributed by atoms with van der Waals surface area (Å²) in [4.78, 5) is 24.6. The van der Waals surface area contributed by atoms with E-state index in [9.17, 15) is 9.59 Å². The average molecular weight is 378 g/mol. The molecule has 0 spiro atoms. The first kappa shape index (κ1) is 19.8. The van der Waals surface area contributed by atoms with Gasteiger partial charge in [-0.15, -0.1) is 0 Å². The number of rotatable bonds is 7. The van der Waals surface area contributed by atoms with Gasteiger partial charge in [0.05, 0.1) is 25.0 Å². The molecule has 138 valence electrons. The van der Waals surface area contributed by atoms with Crippen LogP contribution in [0.25, 0.3) is 0 Å². The van der Waals surface area contributed by atoms with Crippen molar-refractivity contribution in [3.8, 4) is 5.75 Å². The Morgan fingerprint density at radius 3 is 2.62 bits per heavy atom. The second-order valence-corrected chi connectivity index (χ2v) is 5.95. The molecule has 0 bridgehead atoms. The molecule has 0 aromatic heterocycles. The standard InChI is InChI=1S/C19H20ClNO5/c1-12(18(22)21-16-10-15(20)7-8-17(16)25-3)26-19(23)14-6-4-5-13(9-14)11-24-2/h4-10,12H,11H2,1-3H3,(H,21,22). The summed E-state index contributed by atoms with van der Waals surface area (Å²) in [5, 5.41) is 3.09. The van der Waals surface area contributed by atoms with Crippen LogP contribution >= 0.6 is 11.6 Å². The molecule has 2 rings (SSSR count). The summed E-state index contributed by atoms with van der Waals surface area (Å²) in [7, 11) is 3.05. The summed E-state index contributed by atoms with van der Waals surface area (Å²) < 4.78 is 15.5. The van der Waals surface area contributed by atoms with Crippen molar-refractivity contribution in [2.75, 3.05) is 19.5 Å². The Bertz CT molecular complexity index is 793. The fourth-order valence-electron chi connectivity index (χ4n) is 2.25. The molecule has 0 radical (unpaired) electrons. The molecule has 0 aliphatic heterocycles. The number of halogens is 1. The van der Waals surface area contributed by atoms with Crippen molar-refractivity contribution in [2.24, 2.45) is 0 Å². The predicted octanol–water partition coefficient (Wildman–Crippen LogP) is 3.68. The molecule has 0 fully saturated rings. The molecule has 7 heteroatoms. The van der Waals surface area contributed by atoms with Gasteiger partial charge in [-0.2, -0.15) is 0 Å². The minimum absolute atomic E-state index is 0.347. The molecule has 2 aromatic rings. The van der Waals surface area contributed by atoms with Gasteiger partial charge in [-0.3, -0.25) is 4.79 Å². The summed E-state index contributed by atoms with van der Waals surface area (Å²) in [5.41, 5.74) is 1.58. The zero-order valence-electron chi connectivity index (χ0n) is 14.7. The molecular formula is C19H20ClNO5. The highest BCUT2D eigenvalue weighted by molar-refractivity contribution is 6.31.